The third-order valence-electron chi connectivity index (χ3n) is 1.51. The van der Waals surface area contributed by atoms with Gasteiger partial charge in [-0.1, -0.05) is 17.2 Å². The number of anilines is 1. The molecule has 4 nitrogen and oxygen atoms in total. The van der Waals surface area contributed by atoms with Crippen LogP contribution in [0.3, 0.4) is 0 Å². The SMILES string of the molecule is CN(C)c1cccc(N=[N+]=[N-])c1. The smallest absolute Gasteiger partial charge is 0.0395 e. The second-order valence-electron chi connectivity index (χ2n) is 2.60. The highest BCUT2D eigenvalue weighted by atomic mass is 15.1. The Balaban J connectivity index is 3.03. The first kappa shape index (κ1) is 8.43. The second kappa shape index (κ2) is 3.64. The van der Waals surface area contributed by atoms with Gasteiger partial charge in [-0.05, 0) is 17.7 Å². The Morgan fingerprint density at radius 1 is 1.42 bits per heavy atom. The molecule has 0 spiro atoms. The number of azide groups is 1. The van der Waals surface area contributed by atoms with Crippen LogP contribution in [0.1, 0.15) is 0 Å². The lowest BCUT2D eigenvalue weighted by Crippen LogP contribution is -2.07. The van der Waals surface area contributed by atoms with E-state index in [-0.39, 0.29) is 0 Å². The summed E-state index contributed by atoms with van der Waals surface area (Å²) in [6.45, 7) is 0. The standard InChI is InChI=1S/C8H10N4/c1-12(2)8-5-3-4-7(6-8)10-11-9/h3-6H,1-2H3. The van der Waals surface area contributed by atoms with Crippen LogP contribution in [0.4, 0.5) is 11.4 Å². The van der Waals surface area contributed by atoms with Crippen molar-refractivity contribution in [3.63, 3.8) is 0 Å². The maximum Gasteiger partial charge on any atom is 0.0395 e. The molecule has 1 aromatic rings. The lowest BCUT2D eigenvalue weighted by molar-refractivity contribution is 1.13. The zero-order chi connectivity index (χ0) is 8.97. The Bertz CT molecular complexity index is 313. The van der Waals surface area contributed by atoms with Crippen LogP contribution < -0.4 is 4.90 Å². The molecular weight excluding hydrogens is 152 g/mol. The van der Waals surface area contributed by atoms with Crippen molar-refractivity contribution in [1.29, 1.82) is 0 Å². The summed E-state index contributed by atoms with van der Waals surface area (Å²) in [4.78, 5) is 4.67. The van der Waals surface area contributed by atoms with E-state index in [1.807, 2.05) is 37.2 Å². The van der Waals surface area contributed by atoms with Crippen LogP contribution in [-0.2, 0) is 0 Å². The van der Waals surface area contributed by atoms with Crippen LogP contribution >= 0.6 is 0 Å². The molecule has 0 saturated carbocycles. The molecule has 62 valence electrons. The van der Waals surface area contributed by atoms with Crippen molar-refractivity contribution >= 4 is 11.4 Å². The number of hydrogen-bond donors (Lipinski definition) is 0. The quantitative estimate of drug-likeness (QED) is 0.374. The van der Waals surface area contributed by atoms with Crippen LogP contribution in [0, 0.1) is 0 Å². The van der Waals surface area contributed by atoms with Crippen molar-refractivity contribution in [3.8, 4) is 0 Å². The van der Waals surface area contributed by atoms with E-state index in [0.29, 0.717) is 5.69 Å². The first-order valence-electron chi connectivity index (χ1n) is 3.56. The van der Waals surface area contributed by atoms with Gasteiger partial charge in [0, 0.05) is 30.4 Å². The predicted molar refractivity (Wildman–Crippen MR) is 49.6 cm³/mol. The molecule has 1 rings (SSSR count). The van der Waals surface area contributed by atoms with E-state index in [1.54, 1.807) is 6.07 Å². The summed E-state index contributed by atoms with van der Waals surface area (Å²) in [6.07, 6.45) is 0. The highest BCUT2D eigenvalue weighted by Crippen LogP contribution is 2.19. The highest BCUT2D eigenvalue weighted by molar-refractivity contribution is 5.54. The first-order chi connectivity index (χ1) is 5.74. The molecule has 0 unspecified atom stereocenters. The molecule has 0 N–H and O–H groups in total. The van der Waals surface area contributed by atoms with Gasteiger partial charge in [-0.2, -0.15) is 0 Å². The van der Waals surface area contributed by atoms with Gasteiger partial charge in [0.2, 0.25) is 0 Å². The molecule has 0 aliphatic carbocycles. The third-order valence-corrected chi connectivity index (χ3v) is 1.51. The van der Waals surface area contributed by atoms with Gasteiger partial charge >= 0.3 is 0 Å². The number of hydrogen-bond acceptors (Lipinski definition) is 2. The monoisotopic (exact) mass is 162 g/mol. The lowest BCUT2D eigenvalue weighted by Gasteiger charge is -2.11. The molecule has 0 aliphatic heterocycles. The summed E-state index contributed by atoms with van der Waals surface area (Å²) in [6, 6.07) is 7.42. The fraction of sp³-hybridized carbons (Fsp3) is 0.250. The number of nitrogens with zero attached hydrogens (tertiary/aromatic N) is 4. The molecule has 0 aromatic heterocycles. The zero-order valence-electron chi connectivity index (χ0n) is 7.10. The minimum Gasteiger partial charge on any atom is -0.378 e. The van der Waals surface area contributed by atoms with Gasteiger partial charge in [-0.25, -0.2) is 0 Å². The third kappa shape index (κ3) is 1.90. The summed E-state index contributed by atoms with van der Waals surface area (Å²) >= 11 is 0. The molecule has 0 amide bonds. The second-order valence-corrected chi connectivity index (χ2v) is 2.60. The highest BCUT2D eigenvalue weighted by Gasteiger charge is 1.94. The summed E-state index contributed by atoms with van der Waals surface area (Å²) in [5.74, 6) is 0. The van der Waals surface area contributed by atoms with Crippen molar-refractivity contribution in [3.05, 3.63) is 34.7 Å². The maximum absolute atomic E-state index is 8.19. The Labute approximate surface area is 71.1 Å². The fourth-order valence-electron chi connectivity index (χ4n) is 0.885. The molecule has 0 bridgehead atoms. The van der Waals surface area contributed by atoms with Gasteiger partial charge in [0.1, 0.15) is 0 Å². The maximum atomic E-state index is 8.19. The van der Waals surface area contributed by atoms with E-state index in [0.717, 1.165) is 5.69 Å². The van der Waals surface area contributed by atoms with Crippen molar-refractivity contribution in [2.24, 2.45) is 5.11 Å². The Kier molecular flexibility index (Phi) is 2.56. The molecule has 1 aromatic carbocycles. The van der Waals surface area contributed by atoms with E-state index in [1.165, 1.54) is 0 Å². The molecule has 0 radical (unpaired) electrons. The minimum atomic E-state index is 0.642. The summed E-state index contributed by atoms with van der Waals surface area (Å²) in [7, 11) is 3.88. The Hall–Kier alpha value is -1.67. The van der Waals surface area contributed by atoms with Gasteiger partial charge in [0.25, 0.3) is 0 Å². The van der Waals surface area contributed by atoms with E-state index >= 15 is 0 Å². The molecule has 4 heteroatoms. The molecule has 0 heterocycles. The minimum absolute atomic E-state index is 0.642. The zero-order valence-corrected chi connectivity index (χ0v) is 7.10. The van der Waals surface area contributed by atoms with Gasteiger partial charge in [0.15, 0.2) is 0 Å². The molecule has 0 fully saturated rings. The van der Waals surface area contributed by atoms with Crippen LogP contribution in [0.15, 0.2) is 29.4 Å². The molecule has 12 heavy (non-hydrogen) atoms. The van der Waals surface area contributed by atoms with E-state index in [9.17, 15) is 0 Å². The predicted octanol–water partition coefficient (Wildman–Crippen LogP) is 2.69. The van der Waals surface area contributed by atoms with E-state index < -0.39 is 0 Å². The fourth-order valence-corrected chi connectivity index (χ4v) is 0.885. The van der Waals surface area contributed by atoms with Crippen LogP contribution in [-0.4, -0.2) is 14.1 Å². The largest absolute Gasteiger partial charge is 0.378 e. The van der Waals surface area contributed by atoms with Gasteiger partial charge in [-0.3, -0.25) is 0 Å². The number of benzene rings is 1. The Morgan fingerprint density at radius 3 is 2.75 bits per heavy atom. The normalized spacial score (nSPS) is 8.83. The van der Waals surface area contributed by atoms with Gasteiger partial charge in [-0.15, -0.1) is 0 Å². The van der Waals surface area contributed by atoms with Crippen molar-refractivity contribution in [1.82, 2.24) is 0 Å². The van der Waals surface area contributed by atoms with E-state index in [2.05, 4.69) is 10.0 Å². The van der Waals surface area contributed by atoms with Crippen molar-refractivity contribution in [2.75, 3.05) is 19.0 Å². The van der Waals surface area contributed by atoms with Crippen molar-refractivity contribution < 1.29 is 0 Å². The van der Waals surface area contributed by atoms with Crippen LogP contribution in [0.5, 0.6) is 0 Å². The summed E-state index contributed by atoms with van der Waals surface area (Å²) in [5.41, 5.74) is 9.86. The van der Waals surface area contributed by atoms with Crippen LogP contribution in [0.2, 0.25) is 0 Å². The first-order valence-corrected chi connectivity index (χ1v) is 3.56. The summed E-state index contributed by atoms with van der Waals surface area (Å²) in [5, 5.41) is 3.50. The van der Waals surface area contributed by atoms with Crippen molar-refractivity contribution in [2.45, 2.75) is 0 Å². The average Bonchev–Trinajstić information content (AvgIpc) is 2.05. The lowest BCUT2D eigenvalue weighted by atomic mass is 10.3. The van der Waals surface area contributed by atoms with E-state index in [4.69, 9.17) is 5.53 Å². The van der Waals surface area contributed by atoms with Gasteiger partial charge < -0.3 is 4.90 Å². The topological polar surface area (TPSA) is 52.0 Å². The summed E-state index contributed by atoms with van der Waals surface area (Å²) < 4.78 is 0. The molecule has 0 aliphatic rings. The molecule has 0 saturated heterocycles. The molecular formula is C8H10N4. The average molecular weight is 162 g/mol. The Morgan fingerprint density at radius 2 is 2.17 bits per heavy atom. The molecule has 0 atom stereocenters. The van der Waals surface area contributed by atoms with Crippen LogP contribution in [0.25, 0.3) is 10.4 Å². The number of rotatable bonds is 2. The van der Waals surface area contributed by atoms with Gasteiger partial charge in [0.05, 0.1) is 0 Å².